The summed E-state index contributed by atoms with van der Waals surface area (Å²) in [6, 6.07) is 13.6. The van der Waals surface area contributed by atoms with Gasteiger partial charge in [-0.2, -0.15) is 4.98 Å². The van der Waals surface area contributed by atoms with Crippen molar-refractivity contribution in [3.63, 3.8) is 0 Å². The van der Waals surface area contributed by atoms with Crippen LogP contribution in [0.3, 0.4) is 0 Å². The number of nitrogen functional groups attached to an aromatic ring is 1. The molecule has 2 aliphatic heterocycles. The number of halogens is 2. The predicted molar refractivity (Wildman–Crippen MR) is 261 cm³/mol. The van der Waals surface area contributed by atoms with Gasteiger partial charge in [-0.1, -0.05) is 0 Å². The quantitative estimate of drug-likeness (QED) is 0.128. The molecule has 2 aromatic carbocycles. The zero-order valence-electron chi connectivity index (χ0n) is 39.6. The van der Waals surface area contributed by atoms with Gasteiger partial charge in [0, 0.05) is 106 Å². The molecule has 8 aliphatic rings. The monoisotopic (exact) mass is 964 g/mol. The van der Waals surface area contributed by atoms with Crippen molar-refractivity contribution in [2.24, 2.45) is 11.8 Å². The third kappa shape index (κ3) is 8.64. The Morgan fingerprint density at radius 2 is 1.16 bits per heavy atom. The Morgan fingerprint density at radius 3 is 1.59 bits per heavy atom. The topological polar surface area (TPSA) is 182 Å². The average molecular weight is 965 g/mol. The molecule has 6 aromatic rings. The van der Waals surface area contributed by atoms with Gasteiger partial charge in [-0.25, -0.2) is 23.7 Å². The molecule has 2 amide bonds. The van der Waals surface area contributed by atoms with Crippen LogP contribution in [0.1, 0.15) is 59.5 Å². The number of benzene rings is 2. The molecule has 8 fully saturated rings. The number of amides is 2. The molecule has 6 saturated carbocycles. The molecule has 3 N–H and O–H groups in total. The Kier molecular flexibility index (Phi) is 12.3. The second-order valence-corrected chi connectivity index (χ2v) is 20.9. The number of morpholine rings is 2. The van der Waals surface area contributed by atoms with Gasteiger partial charge >= 0.3 is 0 Å². The van der Waals surface area contributed by atoms with Gasteiger partial charge in [-0.3, -0.25) is 13.8 Å². The third-order valence-corrected chi connectivity index (χ3v) is 15.1. The van der Waals surface area contributed by atoms with Gasteiger partial charge in [-0.15, -0.1) is 0 Å². The first-order valence-electron chi connectivity index (χ1n) is 23.4. The van der Waals surface area contributed by atoms with Crippen LogP contribution in [0.2, 0.25) is 0 Å². The molecule has 364 valence electrons. The Balaban J connectivity index is 0.000000132. The molecule has 1 unspecified atom stereocenters. The fourth-order valence-electron chi connectivity index (χ4n) is 10.7. The van der Waals surface area contributed by atoms with E-state index in [0.717, 1.165) is 85.5 Å². The van der Waals surface area contributed by atoms with Crippen LogP contribution >= 0.6 is 0 Å². The number of carbonyl (C=O) groups is 2. The third-order valence-electron chi connectivity index (χ3n) is 14.4. The van der Waals surface area contributed by atoms with E-state index in [-0.39, 0.29) is 34.5 Å². The van der Waals surface area contributed by atoms with E-state index in [1.54, 1.807) is 74.8 Å². The number of fused-ring (bicyclic) bond motifs is 2. The first kappa shape index (κ1) is 46.5. The Bertz CT molecular complexity index is 2950. The number of hydrogen-bond donors (Lipinski definition) is 2. The van der Waals surface area contributed by atoms with E-state index in [1.807, 2.05) is 28.0 Å². The van der Waals surface area contributed by atoms with Gasteiger partial charge in [-0.05, 0) is 98.9 Å². The number of nitrogens with one attached hydrogen (secondary N) is 1. The molecule has 14 rings (SSSR count). The molecule has 17 nitrogen and oxygen atoms in total. The summed E-state index contributed by atoms with van der Waals surface area (Å²) >= 11 is 0. The highest BCUT2D eigenvalue weighted by atomic mass is 32.2. The first-order chi connectivity index (χ1) is 33.1. The minimum Gasteiger partial charge on any atom is -0.399 e. The van der Waals surface area contributed by atoms with Crippen LogP contribution in [0.25, 0.3) is 22.1 Å². The van der Waals surface area contributed by atoms with Crippen molar-refractivity contribution >= 4 is 73.4 Å². The second-order valence-electron chi connectivity index (χ2n) is 19.6. The Labute approximate surface area is 401 Å². The molecule has 0 radical (unpaired) electrons. The summed E-state index contributed by atoms with van der Waals surface area (Å²) in [4.78, 5) is 50.4. The van der Waals surface area contributed by atoms with Crippen LogP contribution in [0.5, 0.6) is 0 Å². The van der Waals surface area contributed by atoms with Crippen molar-refractivity contribution in [2.45, 2.75) is 54.8 Å². The SMILES string of the molecule is CN(C)C(=O)c1cc2cnc(Nc3ccc(N4CCOCC4)c(F)c3)nc2n1C12CC(C1)C2.CN(C)C(=O)c1cc2cnc(S(C)=O)nc2n1C12CC(C1)C2.Nc1ccc(N2CCOCC2)c(F)c1. The van der Waals surface area contributed by atoms with Crippen molar-refractivity contribution in [2.75, 3.05) is 108 Å². The summed E-state index contributed by atoms with van der Waals surface area (Å²) in [6.07, 6.45) is 11.6. The minimum absolute atomic E-state index is 0.00897. The number of rotatable bonds is 9. The molecule has 0 spiro atoms. The molecule has 4 aromatic heterocycles. The number of ether oxygens (including phenoxy) is 2. The summed E-state index contributed by atoms with van der Waals surface area (Å²) in [5.74, 6) is 1.33. The van der Waals surface area contributed by atoms with Crippen LogP contribution < -0.4 is 20.9 Å². The number of nitrogens with zero attached hydrogens (tertiary/aromatic N) is 10. The van der Waals surface area contributed by atoms with Gasteiger partial charge in [0.25, 0.3) is 11.8 Å². The van der Waals surface area contributed by atoms with E-state index in [2.05, 4.69) is 29.4 Å². The number of anilines is 5. The van der Waals surface area contributed by atoms with Gasteiger partial charge in [0.2, 0.25) is 11.1 Å². The Morgan fingerprint density at radius 1 is 0.696 bits per heavy atom. The molecule has 20 heteroatoms. The lowest BCUT2D eigenvalue weighted by Gasteiger charge is -2.62. The summed E-state index contributed by atoms with van der Waals surface area (Å²) in [6.45, 7) is 5.35. The van der Waals surface area contributed by atoms with Crippen molar-refractivity contribution in [1.82, 2.24) is 38.9 Å². The molecular formula is C49H58F2N12O5S. The van der Waals surface area contributed by atoms with Crippen molar-refractivity contribution in [3.05, 3.63) is 83.9 Å². The fourth-order valence-corrected chi connectivity index (χ4v) is 11.1. The summed E-state index contributed by atoms with van der Waals surface area (Å²) < 4.78 is 54.8. The van der Waals surface area contributed by atoms with Crippen LogP contribution in [0, 0.1) is 23.5 Å². The smallest absolute Gasteiger partial charge is 0.270 e. The lowest BCUT2D eigenvalue weighted by molar-refractivity contribution is -0.0871. The summed E-state index contributed by atoms with van der Waals surface area (Å²) in [5, 5.41) is 5.14. The normalized spacial score (nSPS) is 23.5. The summed E-state index contributed by atoms with van der Waals surface area (Å²) in [7, 11) is 5.80. The van der Waals surface area contributed by atoms with Gasteiger partial charge < -0.3 is 49.3 Å². The second kappa shape index (κ2) is 18.2. The molecule has 4 bridgehead atoms. The number of nitrogens with two attached hydrogens (primary N) is 1. The van der Waals surface area contributed by atoms with Crippen molar-refractivity contribution in [1.29, 1.82) is 0 Å². The largest absolute Gasteiger partial charge is 0.399 e. The van der Waals surface area contributed by atoms with E-state index in [0.29, 0.717) is 84.8 Å². The zero-order valence-corrected chi connectivity index (χ0v) is 40.4. The molecule has 6 heterocycles. The number of hydrogen-bond acceptors (Lipinski definition) is 13. The Hall–Kier alpha value is -6.25. The number of carbonyl (C=O) groups excluding carboxylic acids is 2. The van der Waals surface area contributed by atoms with E-state index in [4.69, 9.17) is 20.2 Å². The van der Waals surface area contributed by atoms with Gasteiger partial charge in [0.05, 0.1) is 48.6 Å². The fraction of sp³-hybridized carbons (Fsp3) is 0.469. The van der Waals surface area contributed by atoms with Crippen molar-refractivity contribution < 1.29 is 32.1 Å². The molecule has 1 atom stereocenters. The van der Waals surface area contributed by atoms with Gasteiger partial charge in [0.15, 0.2) is 0 Å². The summed E-state index contributed by atoms with van der Waals surface area (Å²) in [5.41, 5.74) is 10.5. The number of aromatic nitrogens is 6. The highest BCUT2D eigenvalue weighted by Crippen LogP contribution is 2.64. The highest BCUT2D eigenvalue weighted by molar-refractivity contribution is 7.84. The maximum absolute atomic E-state index is 14.8. The first-order valence-corrected chi connectivity index (χ1v) is 25.0. The van der Waals surface area contributed by atoms with Crippen LogP contribution in [0.4, 0.5) is 37.5 Å². The average Bonchev–Trinajstić information content (AvgIpc) is 3.83. The standard InChI is InChI=1S/C24H27FN6O2.C15H18N4O2S.C10H13FN2O/c1-29(2)22(32)20-9-16-14-26-23(28-21(16)31(20)24-11-15(12-24)13-24)27-17-3-4-19(18(25)10-17)30-5-7-33-8-6-30;1-18(2)13(20)11-4-10-8-16-14(22(3)21)17-12(10)19(11)15-5-9(6-15)7-15;11-9-7-8(12)1-2-10(9)13-3-5-14-6-4-13/h3-4,9-10,14-15H,5-8,11-13H2,1-2H3,(H,26,27,28);4,8-9H,5-7H2,1-3H3;1-2,7H,3-6,12H2. The van der Waals surface area contributed by atoms with E-state index < -0.39 is 10.8 Å². The van der Waals surface area contributed by atoms with Gasteiger partial charge in [0.1, 0.15) is 34.3 Å². The van der Waals surface area contributed by atoms with Crippen LogP contribution in [-0.2, 0) is 31.4 Å². The van der Waals surface area contributed by atoms with E-state index in [1.165, 1.54) is 12.1 Å². The zero-order chi connectivity index (χ0) is 48.4. The molecule has 2 saturated heterocycles. The van der Waals surface area contributed by atoms with Crippen LogP contribution in [-0.4, -0.2) is 142 Å². The van der Waals surface area contributed by atoms with Crippen LogP contribution in [0.15, 0.2) is 66.1 Å². The van der Waals surface area contributed by atoms with E-state index >= 15 is 0 Å². The lowest BCUT2D eigenvalue weighted by Crippen LogP contribution is -2.60. The molecule has 69 heavy (non-hydrogen) atoms. The highest BCUT2D eigenvalue weighted by Gasteiger charge is 2.60. The molecular weight excluding hydrogens is 907 g/mol. The maximum atomic E-state index is 14.8. The lowest BCUT2D eigenvalue weighted by atomic mass is 9.49. The minimum atomic E-state index is -1.23. The van der Waals surface area contributed by atoms with E-state index in [9.17, 15) is 22.6 Å². The maximum Gasteiger partial charge on any atom is 0.270 e. The predicted octanol–water partition coefficient (Wildman–Crippen LogP) is 5.99. The van der Waals surface area contributed by atoms with Crippen molar-refractivity contribution in [3.8, 4) is 0 Å². The molecule has 6 aliphatic carbocycles.